The van der Waals surface area contributed by atoms with Crippen LogP contribution in [0.3, 0.4) is 0 Å². The second-order valence-electron chi connectivity index (χ2n) is 6.82. The minimum atomic E-state index is -4.67. The Morgan fingerprint density at radius 3 is 2.45 bits per heavy atom. The minimum Gasteiger partial charge on any atom is -0.452 e. The van der Waals surface area contributed by atoms with Crippen molar-refractivity contribution in [1.29, 1.82) is 0 Å². The molecule has 0 aliphatic carbocycles. The highest BCUT2D eigenvalue weighted by molar-refractivity contribution is 5.99. The molecule has 2 aromatic rings. The van der Waals surface area contributed by atoms with E-state index in [1.165, 1.54) is 24.3 Å². The van der Waals surface area contributed by atoms with Gasteiger partial charge in [-0.05, 0) is 31.0 Å². The van der Waals surface area contributed by atoms with Gasteiger partial charge in [-0.3, -0.25) is 14.9 Å². The Morgan fingerprint density at radius 1 is 1.13 bits per heavy atom. The normalized spacial score (nSPS) is 13.7. The smallest absolute Gasteiger partial charge is 0.418 e. The van der Waals surface area contributed by atoms with Crippen molar-refractivity contribution >= 4 is 28.9 Å². The first-order chi connectivity index (χ1) is 14.7. The van der Waals surface area contributed by atoms with Crippen LogP contribution in [0.25, 0.3) is 0 Å². The summed E-state index contributed by atoms with van der Waals surface area (Å²) in [7, 11) is 0. The van der Waals surface area contributed by atoms with Crippen molar-refractivity contribution in [3.8, 4) is 0 Å². The van der Waals surface area contributed by atoms with Gasteiger partial charge >= 0.3 is 12.1 Å². The number of carbonyl (C=O) groups excluding carboxylic acids is 2. The van der Waals surface area contributed by atoms with E-state index in [0.717, 1.165) is 31.0 Å². The SMILES string of the molecule is O=C(COC(=O)c1cc([N+](=O)[O-])ccc1N1CCCC1)Nc1ccccc1C(F)(F)F. The zero-order valence-electron chi connectivity index (χ0n) is 16.1. The molecule has 1 amide bonds. The van der Waals surface area contributed by atoms with Crippen LogP contribution in [-0.4, -0.2) is 36.5 Å². The van der Waals surface area contributed by atoms with Gasteiger partial charge in [-0.1, -0.05) is 12.1 Å². The molecule has 1 N–H and O–H groups in total. The molecular weight excluding hydrogens is 419 g/mol. The lowest BCUT2D eigenvalue weighted by molar-refractivity contribution is -0.384. The number of anilines is 2. The molecule has 0 spiro atoms. The van der Waals surface area contributed by atoms with Crippen LogP contribution in [0.4, 0.5) is 30.2 Å². The van der Waals surface area contributed by atoms with Crippen molar-refractivity contribution in [2.24, 2.45) is 0 Å². The lowest BCUT2D eigenvalue weighted by Crippen LogP contribution is -2.25. The Hall–Kier alpha value is -3.63. The molecule has 31 heavy (non-hydrogen) atoms. The molecule has 2 aromatic carbocycles. The monoisotopic (exact) mass is 437 g/mol. The molecule has 8 nitrogen and oxygen atoms in total. The predicted octanol–water partition coefficient (Wildman–Crippen LogP) is 4.01. The first-order valence-corrected chi connectivity index (χ1v) is 9.33. The Bertz CT molecular complexity index is 1000. The Kier molecular flexibility index (Phi) is 6.42. The van der Waals surface area contributed by atoms with Gasteiger partial charge in [0.15, 0.2) is 6.61 Å². The van der Waals surface area contributed by atoms with E-state index in [4.69, 9.17) is 4.74 Å². The molecule has 11 heteroatoms. The molecule has 1 aliphatic rings. The van der Waals surface area contributed by atoms with E-state index >= 15 is 0 Å². The highest BCUT2D eigenvalue weighted by Crippen LogP contribution is 2.34. The van der Waals surface area contributed by atoms with E-state index < -0.39 is 40.8 Å². The molecule has 0 saturated carbocycles. The maximum absolute atomic E-state index is 13.0. The summed E-state index contributed by atoms with van der Waals surface area (Å²) in [5.74, 6) is -1.96. The first-order valence-electron chi connectivity index (χ1n) is 9.33. The van der Waals surface area contributed by atoms with Crippen LogP contribution in [-0.2, 0) is 15.7 Å². The van der Waals surface area contributed by atoms with Crippen LogP contribution in [0, 0.1) is 10.1 Å². The van der Waals surface area contributed by atoms with Crippen molar-refractivity contribution in [1.82, 2.24) is 0 Å². The lowest BCUT2D eigenvalue weighted by atomic mass is 10.1. The summed E-state index contributed by atoms with van der Waals surface area (Å²) in [6.45, 7) is 0.465. The molecular formula is C20H18F3N3O5. The number of alkyl halides is 3. The Labute approximate surface area is 174 Å². The zero-order chi connectivity index (χ0) is 22.6. The summed E-state index contributed by atoms with van der Waals surface area (Å²) >= 11 is 0. The van der Waals surface area contributed by atoms with Crippen LogP contribution in [0.1, 0.15) is 28.8 Å². The topological polar surface area (TPSA) is 102 Å². The lowest BCUT2D eigenvalue weighted by Gasteiger charge is -2.20. The van der Waals surface area contributed by atoms with Crippen molar-refractivity contribution in [2.45, 2.75) is 19.0 Å². The molecule has 0 atom stereocenters. The Morgan fingerprint density at radius 2 is 1.81 bits per heavy atom. The van der Waals surface area contributed by atoms with E-state index in [1.807, 2.05) is 4.90 Å². The number of rotatable bonds is 6. The number of ether oxygens (including phenoxy) is 1. The van der Waals surface area contributed by atoms with Gasteiger partial charge in [0.2, 0.25) is 0 Å². The number of non-ortho nitro benzene ring substituents is 1. The number of nitro benzene ring substituents is 1. The number of amides is 1. The fraction of sp³-hybridized carbons (Fsp3) is 0.300. The third kappa shape index (κ3) is 5.30. The molecule has 0 aromatic heterocycles. The Balaban J connectivity index is 1.73. The van der Waals surface area contributed by atoms with Crippen molar-refractivity contribution in [3.63, 3.8) is 0 Å². The van der Waals surface area contributed by atoms with E-state index in [0.29, 0.717) is 18.8 Å². The summed E-state index contributed by atoms with van der Waals surface area (Å²) in [4.78, 5) is 36.9. The number of hydrogen-bond acceptors (Lipinski definition) is 6. The molecule has 164 valence electrons. The van der Waals surface area contributed by atoms with Gasteiger partial charge in [-0.2, -0.15) is 13.2 Å². The van der Waals surface area contributed by atoms with Gasteiger partial charge in [0.1, 0.15) is 0 Å². The fourth-order valence-corrected chi connectivity index (χ4v) is 3.27. The van der Waals surface area contributed by atoms with E-state index in [-0.39, 0.29) is 11.3 Å². The number of esters is 1. The highest BCUT2D eigenvalue weighted by atomic mass is 19.4. The number of halogens is 3. The average Bonchev–Trinajstić information content (AvgIpc) is 3.26. The second-order valence-corrected chi connectivity index (χ2v) is 6.82. The largest absolute Gasteiger partial charge is 0.452 e. The molecule has 1 saturated heterocycles. The van der Waals surface area contributed by atoms with Gasteiger partial charge in [0.25, 0.3) is 11.6 Å². The molecule has 1 aliphatic heterocycles. The van der Waals surface area contributed by atoms with Crippen LogP contribution < -0.4 is 10.2 Å². The van der Waals surface area contributed by atoms with Gasteiger partial charge in [0, 0.05) is 25.2 Å². The van der Waals surface area contributed by atoms with E-state index in [1.54, 1.807) is 0 Å². The molecule has 0 bridgehead atoms. The van der Waals surface area contributed by atoms with E-state index in [9.17, 15) is 32.9 Å². The summed E-state index contributed by atoms with van der Waals surface area (Å²) in [5.41, 5.74) is -1.47. The number of benzene rings is 2. The van der Waals surface area contributed by atoms with Gasteiger partial charge in [0.05, 0.1) is 27.4 Å². The van der Waals surface area contributed by atoms with Gasteiger partial charge in [-0.25, -0.2) is 4.79 Å². The van der Waals surface area contributed by atoms with Crippen LogP contribution in [0.15, 0.2) is 42.5 Å². The zero-order valence-corrected chi connectivity index (χ0v) is 16.1. The van der Waals surface area contributed by atoms with Crippen LogP contribution >= 0.6 is 0 Å². The first kappa shape index (κ1) is 22.1. The third-order valence-electron chi connectivity index (χ3n) is 4.70. The molecule has 3 rings (SSSR count). The van der Waals surface area contributed by atoms with Crippen molar-refractivity contribution in [2.75, 3.05) is 29.9 Å². The number of nitro groups is 1. The quantitative estimate of drug-likeness (QED) is 0.416. The summed E-state index contributed by atoms with van der Waals surface area (Å²) in [6, 6.07) is 8.17. The molecule has 1 heterocycles. The summed E-state index contributed by atoms with van der Waals surface area (Å²) in [5, 5.41) is 13.1. The number of para-hydroxylation sites is 1. The second kappa shape index (κ2) is 9.02. The maximum atomic E-state index is 13.0. The van der Waals surface area contributed by atoms with Crippen LogP contribution in [0.5, 0.6) is 0 Å². The van der Waals surface area contributed by atoms with E-state index in [2.05, 4.69) is 5.32 Å². The van der Waals surface area contributed by atoms with Gasteiger partial charge in [-0.15, -0.1) is 0 Å². The van der Waals surface area contributed by atoms with Crippen molar-refractivity contribution in [3.05, 3.63) is 63.7 Å². The minimum absolute atomic E-state index is 0.0837. The third-order valence-corrected chi connectivity index (χ3v) is 4.70. The number of nitrogens with zero attached hydrogens (tertiary/aromatic N) is 2. The summed E-state index contributed by atoms with van der Waals surface area (Å²) < 4.78 is 44.0. The fourth-order valence-electron chi connectivity index (χ4n) is 3.27. The average molecular weight is 437 g/mol. The number of hydrogen-bond donors (Lipinski definition) is 1. The molecule has 0 unspecified atom stereocenters. The van der Waals surface area contributed by atoms with Gasteiger partial charge < -0.3 is 15.0 Å². The van der Waals surface area contributed by atoms with Crippen molar-refractivity contribution < 1.29 is 32.4 Å². The highest BCUT2D eigenvalue weighted by Gasteiger charge is 2.33. The molecule has 1 fully saturated rings. The number of carbonyl (C=O) groups is 2. The summed E-state index contributed by atoms with van der Waals surface area (Å²) in [6.07, 6.45) is -2.88. The van der Waals surface area contributed by atoms with Crippen LogP contribution in [0.2, 0.25) is 0 Å². The standard InChI is InChI=1S/C20H18F3N3O5/c21-20(22,23)15-5-1-2-6-16(15)24-18(27)12-31-19(28)14-11-13(26(29)30)7-8-17(14)25-9-3-4-10-25/h1-2,5-8,11H,3-4,9-10,12H2,(H,24,27). The molecule has 0 radical (unpaired) electrons. The predicted molar refractivity (Wildman–Crippen MR) is 105 cm³/mol. The number of nitrogens with one attached hydrogen (secondary N) is 1. The maximum Gasteiger partial charge on any atom is 0.418 e.